The minimum Gasteiger partial charge on any atom is -0.314 e. The summed E-state index contributed by atoms with van der Waals surface area (Å²) in [6.45, 7) is 5.92. The molecule has 0 aliphatic heterocycles. The molecule has 3 unspecified atom stereocenters. The summed E-state index contributed by atoms with van der Waals surface area (Å²) in [5.74, 6) is 1.52. The maximum absolute atomic E-state index is 3.81. The molecule has 1 nitrogen and oxygen atoms in total. The van der Waals surface area contributed by atoms with Gasteiger partial charge >= 0.3 is 0 Å². The Morgan fingerprint density at radius 3 is 2.63 bits per heavy atom. The van der Waals surface area contributed by atoms with Crippen molar-refractivity contribution in [1.29, 1.82) is 0 Å². The Kier molecular flexibility index (Phi) is 5.91. The third kappa shape index (κ3) is 4.65. The van der Waals surface area contributed by atoms with Crippen LogP contribution in [0.5, 0.6) is 0 Å². The molecule has 1 aromatic rings. The molecule has 1 saturated carbocycles. The SMILES string of the molecule is CC(CCNC1CCCCCC1C)c1ccccc1. The Morgan fingerprint density at radius 1 is 1.11 bits per heavy atom. The van der Waals surface area contributed by atoms with Crippen molar-refractivity contribution in [2.45, 2.75) is 64.3 Å². The average molecular weight is 259 g/mol. The Morgan fingerprint density at radius 2 is 1.84 bits per heavy atom. The summed E-state index contributed by atoms with van der Waals surface area (Å²) in [6, 6.07) is 11.6. The molecule has 1 aliphatic carbocycles. The van der Waals surface area contributed by atoms with Crippen LogP contribution in [0.4, 0.5) is 0 Å². The van der Waals surface area contributed by atoms with Crippen LogP contribution in [0.25, 0.3) is 0 Å². The van der Waals surface area contributed by atoms with Crippen LogP contribution in [0.1, 0.15) is 63.9 Å². The van der Waals surface area contributed by atoms with E-state index < -0.39 is 0 Å². The molecule has 0 aromatic heterocycles. The largest absolute Gasteiger partial charge is 0.314 e. The maximum atomic E-state index is 3.81. The predicted molar refractivity (Wildman–Crippen MR) is 83.5 cm³/mol. The molecule has 0 radical (unpaired) electrons. The monoisotopic (exact) mass is 259 g/mol. The van der Waals surface area contributed by atoms with E-state index in [2.05, 4.69) is 49.5 Å². The predicted octanol–water partition coefficient (Wildman–Crippen LogP) is 4.74. The van der Waals surface area contributed by atoms with Crippen LogP contribution in [0, 0.1) is 5.92 Å². The van der Waals surface area contributed by atoms with E-state index in [1.165, 1.54) is 44.1 Å². The molecule has 1 aromatic carbocycles. The summed E-state index contributed by atoms with van der Waals surface area (Å²) in [6.07, 6.45) is 8.30. The normalized spacial score (nSPS) is 25.8. The fraction of sp³-hybridized carbons (Fsp3) is 0.667. The van der Waals surface area contributed by atoms with Gasteiger partial charge in [-0.3, -0.25) is 0 Å². The van der Waals surface area contributed by atoms with Crippen LogP contribution < -0.4 is 5.32 Å². The zero-order chi connectivity index (χ0) is 13.5. The Bertz CT molecular complexity index is 346. The van der Waals surface area contributed by atoms with Gasteiger partial charge in [0.1, 0.15) is 0 Å². The molecule has 0 bridgehead atoms. The highest BCUT2D eigenvalue weighted by molar-refractivity contribution is 5.18. The van der Waals surface area contributed by atoms with E-state index in [9.17, 15) is 0 Å². The molecular weight excluding hydrogens is 230 g/mol. The molecule has 0 spiro atoms. The maximum Gasteiger partial charge on any atom is 0.00926 e. The number of benzene rings is 1. The van der Waals surface area contributed by atoms with Crippen molar-refractivity contribution < 1.29 is 0 Å². The first-order valence-electron chi connectivity index (χ1n) is 8.05. The Balaban J connectivity index is 1.73. The van der Waals surface area contributed by atoms with Gasteiger partial charge in [-0.1, -0.05) is 63.4 Å². The zero-order valence-corrected chi connectivity index (χ0v) is 12.6. The molecule has 3 atom stereocenters. The van der Waals surface area contributed by atoms with E-state index in [0.29, 0.717) is 5.92 Å². The number of rotatable bonds is 5. The molecule has 0 heterocycles. The topological polar surface area (TPSA) is 12.0 Å². The number of hydrogen-bond donors (Lipinski definition) is 1. The Hall–Kier alpha value is -0.820. The van der Waals surface area contributed by atoms with Gasteiger partial charge < -0.3 is 5.32 Å². The summed E-state index contributed by atoms with van der Waals surface area (Å²) in [5.41, 5.74) is 1.47. The molecule has 2 rings (SSSR count). The van der Waals surface area contributed by atoms with E-state index in [1.54, 1.807) is 0 Å². The van der Waals surface area contributed by atoms with E-state index in [-0.39, 0.29) is 0 Å². The van der Waals surface area contributed by atoms with E-state index in [0.717, 1.165) is 18.5 Å². The van der Waals surface area contributed by atoms with Crippen LogP contribution in [0.15, 0.2) is 30.3 Å². The van der Waals surface area contributed by atoms with Crippen LogP contribution >= 0.6 is 0 Å². The third-order valence-electron chi connectivity index (χ3n) is 4.71. The van der Waals surface area contributed by atoms with E-state index >= 15 is 0 Å². The quantitative estimate of drug-likeness (QED) is 0.753. The average Bonchev–Trinajstić information content (AvgIpc) is 2.65. The number of nitrogens with one attached hydrogen (secondary N) is 1. The third-order valence-corrected chi connectivity index (χ3v) is 4.71. The highest BCUT2D eigenvalue weighted by atomic mass is 14.9. The van der Waals surface area contributed by atoms with E-state index in [4.69, 9.17) is 0 Å². The van der Waals surface area contributed by atoms with Crippen molar-refractivity contribution in [3.63, 3.8) is 0 Å². The summed E-state index contributed by atoms with van der Waals surface area (Å²) >= 11 is 0. The summed E-state index contributed by atoms with van der Waals surface area (Å²) < 4.78 is 0. The fourth-order valence-electron chi connectivity index (χ4n) is 3.23. The second-order valence-electron chi connectivity index (χ2n) is 6.28. The highest BCUT2D eigenvalue weighted by Gasteiger charge is 2.19. The minimum absolute atomic E-state index is 0.662. The van der Waals surface area contributed by atoms with Crippen molar-refractivity contribution in [3.05, 3.63) is 35.9 Å². The Labute approximate surface area is 118 Å². The van der Waals surface area contributed by atoms with Gasteiger partial charge in [0.05, 0.1) is 0 Å². The van der Waals surface area contributed by atoms with Crippen LogP contribution in [0.3, 0.4) is 0 Å². The number of hydrogen-bond acceptors (Lipinski definition) is 1. The van der Waals surface area contributed by atoms with Crippen molar-refractivity contribution >= 4 is 0 Å². The molecule has 0 saturated heterocycles. The van der Waals surface area contributed by atoms with Crippen molar-refractivity contribution in [2.24, 2.45) is 5.92 Å². The highest BCUT2D eigenvalue weighted by Crippen LogP contribution is 2.23. The van der Waals surface area contributed by atoms with Crippen molar-refractivity contribution in [1.82, 2.24) is 5.32 Å². The van der Waals surface area contributed by atoms with Crippen LogP contribution in [0.2, 0.25) is 0 Å². The molecule has 1 aliphatic rings. The lowest BCUT2D eigenvalue weighted by Gasteiger charge is -2.24. The minimum atomic E-state index is 0.662. The lowest BCUT2D eigenvalue weighted by Crippen LogP contribution is -2.35. The zero-order valence-electron chi connectivity index (χ0n) is 12.6. The summed E-state index contributed by atoms with van der Waals surface area (Å²) in [4.78, 5) is 0. The lowest BCUT2D eigenvalue weighted by atomic mass is 9.95. The van der Waals surface area contributed by atoms with Gasteiger partial charge in [-0.2, -0.15) is 0 Å². The van der Waals surface area contributed by atoms with Crippen LogP contribution in [-0.4, -0.2) is 12.6 Å². The molecule has 1 N–H and O–H groups in total. The van der Waals surface area contributed by atoms with Crippen molar-refractivity contribution in [2.75, 3.05) is 6.54 Å². The lowest BCUT2D eigenvalue weighted by molar-refractivity contribution is 0.353. The molecule has 0 amide bonds. The van der Waals surface area contributed by atoms with Crippen molar-refractivity contribution in [3.8, 4) is 0 Å². The van der Waals surface area contributed by atoms with Gasteiger partial charge in [-0.05, 0) is 43.2 Å². The van der Waals surface area contributed by atoms with Gasteiger partial charge in [-0.15, -0.1) is 0 Å². The van der Waals surface area contributed by atoms with E-state index in [1.807, 2.05) is 0 Å². The summed E-state index contributed by atoms with van der Waals surface area (Å²) in [7, 11) is 0. The van der Waals surface area contributed by atoms with Crippen LogP contribution in [-0.2, 0) is 0 Å². The molecule has 19 heavy (non-hydrogen) atoms. The summed E-state index contributed by atoms with van der Waals surface area (Å²) in [5, 5.41) is 3.81. The standard InChI is InChI=1S/C18H29N/c1-15(17-10-6-4-7-11-17)13-14-19-18-12-8-3-5-9-16(18)2/h4,6-7,10-11,15-16,18-19H,3,5,8-9,12-14H2,1-2H3. The molecule has 106 valence electrons. The first-order chi connectivity index (χ1) is 9.27. The fourth-order valence-corrected chi connectivity index (χ4v) is 3.23. The van der Waals surface area contributed by atoms with Gasteiger partial charge in [0.25, 0.3) is 0 Å². The first kappa shape index (κ1) is 14.6. The van der Waals surface area contributed by atoms with Gasteiger partial charge in [0.2, 0.25) is 0 Å². The second kappa shape index (κ2) is 7.69. The smallest absolute Gasteiger partial charge is 0.00926 e. The second-order valence-corrected chi connectivity index (χ2v) is 6.28. The molecule has 1 fully saturated rings. The first-order valence-corrected chi connectivity index (χ1v) is 8.05. The van der Waals surface area contributed by atoms with Gasteiger partial charge in [0, 0.05) is 6.04 Å². The molecule has 1 heteroatoms. The van der Waals surface area contributed by atoms with Gasteiger partial charge in [0.15, 0.2) is 0 Å². The molecular formula is C18H29N. The van der Waals surface area contributed by atoms with Gasteiger partial charge in [-0.25, -0.2) is 0 Å².